The zero-order valence-electron chi connectivity index (χ0n) is 13.6. The summed E-state index contributed by atoms with van der Waals surface area (Å²) in [5.41, 5.74) is 0.804. The summed E-state index contributed by atoms with van der Waals surface area (Å²) < 4.78 is 0. The number of aromatic nitrogens is 2. The normalized spacial score (nSPS) is 11.8. The van der Waals surface area contributed by atoms with Gasteiger partial charge in [-0.2, -0.15) is 5.26 Å². The summed E-state index contributed by atoms with van der Waals surface area (Å²) in [6.45, 7) is 2.25. The second-order valence-corrected chi connectivity index (χ2v) is 7.54. The van der Waals surface area contributed by atoms with Gasteiger partial charge in [-0.1, -0.05) is 30.0 Å². The predicted octanol–water partition coefficient (Wildman–Crippen LogP) is 4.12. The monoisotopic (exact) mass is 368 g/mol. The third kappa shape index (κ3) is 3.98. The number of para-hydroxylation sites is 1. The molecule has 0 fully saturated rings. The topological polar surface area (TPSA) is 69.9 Å². The molecule has 25 heavy (non-hydrogen) atoms. The van der Waals surface area contributed by atoms with Gasteiger partial charge in [0.2, 0.25) is 5.91 Å². The summed E-state index contributed by atoms with van der Waals surface area (Å²) in [5.74, 6) is -0.0339. The lowest BCUT2D eigenvalue weighted by molar-refractivity contribution is -0.117. The van der Waals surface area contributed by atoms with Crippen molar-refractivity contribution in [2.24, 2.45) is 0 Å². The van der Waals surface area contributed by atoms with E-state index in [-0.39, 0.29) is 11.2 Å². The van der Waals surface area contributed by atoms with Crippen LogP contribution >= 0.6 is 23.1 Å². The van der Waals surface area contributed by atoms with Gasteiger partial charge in [-0.25, -0.2) is 9.97 Å². The van der Waals surface area contributed by atoms with Crippen molar-refractivity contribution in [1.82, 2.24) is 9.97 Å². The molecule has 0 bridgehead atoms. The van der Waals surface area contributed by atoms with Crippen LogP contribution in [0.15, 0.2) is 53.1 Å². The molecule has 3 aromatic rings. The number of hydrogen-bond donors (Lipinski definition) is 0. The van der Waals surface area contributed by atoms with Crippen LogP contribution in [0.2, 0.25) is 0 Å². The molecule has 0 saturated heterocycles. The van der Waals surface area contributed by atoms with Crippen LogP contribution in [0.3, 0.4) is 0 Å². The summed E-state index contributed by atoms with van der Waals surface area (Å²) in [7, 11) is 0. The molecule has 3 rings (SSSR count). The smallest absolute Gasteiger partial charge is 0.240 e. The molecule has 0 spiro atoms. The third-order valence-electron chi connectivity index (χ3n) is 3.64. The van der Waals surface area contributed by atoms with Gasteiger partial charge in [0.15, 0.2) is 0 Å². The lowest BCUT2D eigenvalue weighted by Crippen LogP contribution is -2.37. The first kappa shape index (κ1) is 17.4. The van der Waals surface area contributed by atoms with E-state index in [4.69, 9.17) is 5.26 Å². The van der Waals surface area contributed by atoms with E-state index in [9.17, 15) is 4.79 Å². The number of nitriles is 1. The average Bonchev–Trinajstić information content (AvgIpc) is 3.12. The number of carbonyl (C=O) groups is 1. The second-order valence-electron chi connectivity index (χ2n) is 5.31. The Labute approximate surface area is 154 Å². The Morgan fingerprint density at radius 3 is 2.88 bits per heavy atom. The third-order valence-corrected chi connectivity index (χ3v) is 5.57. The van der Waals surface area contributed by atoms with Gasteiger partial charge < -0.3 is 4.90 Å². The van der Waals surface area contributed by atoms with E-state index in [1.165, 1.54) is 18.1 Å². The number of hydrogen-bond acceptors (Lipinski definition) is 6. The molecular formula is C18H16N4OS2. The van der Waals surface area contributed by atoms with Gasteiger partial charge in [0.05, 0.1) is 17.7 Å². The summed E-state index contributed by atoms with van der Waals surface area (Å²) in [6.07, 6.45) is 1.82. The van der Waals surface area contributed by atoms with Crippen molar-refractivity contribution in [2.75, 3.05) is 11.4 Å². The number of benzene rings is 1. The van der Waals surface area contributed by atoms with Gasteiger partial charge in [0.1, 0.15) is 16.2 Å². The lowest BCUT2D eigenvalue weighted by Gasteiger charge is -2.24. The van der Waals surface area contributed by atoms with Crippen LogP contribution in [0.1, 0.15) is 13.3 Å². The molecule has 0 aliphatic heterocycles. The number of carbonyl (C=O) groups excluding carboxylic acids is 1. The fourth-order valence-corrected chi connectivity index (χ4v) is 4.19. The minimum atomic E-state index is -0.322. The van der Waals surface area contributed by atoms with Gasteiger partial charge >= 0.3 is 0 Å². The SMILES string of the molecule is C[C@@H](Sc1ncnc2sccc12)C(=O)N(CCC#N)c1ccccc1. The molecule has 7 heteroatoms. The molecule has 5 nitrogen and oxygen atoms in total. The van der Waals surface area contributed by atoms with E-state index in [2.05, 4.69) is 16.0 Å². The van der Waals surface area contributed by atoms with Gasteiger partial charge in [0, 0.05) is 17.6 Å². The highest BCUT2D eigenvalue weighted by Gasteiger charge is 2.24. The molecule has 0 aliphatic rings. The van der Waals surface area contributed by atoms with E-state index >= 15 is 0 Å². The highest BCUT2D eigenvalue weighted by atomic mass is 32.2. The quantitative estimate of drug-likeness (QED) is 0.483. The number of amides is 1. The molecule has 0 saturated carbocycles. The number of anilines is 1. The van der Waals surface area contributed by atoms with Crippen molar-refractivity contribution in [3.05, 3.63) is 48.1 Å². The summed E-state index contributed by atoms with van der Waals surface area (Å²) >= 11 is 2.98. The van der Waals surface area contributed by atoms with Crippen LogP contribution < -0.4 is 4.90 Å². The Morgan fingerprint density at radius 2 is 2.12 bits per heavy atom. The highest BCUT2D eigenvalue weighted by Crippen LogP contribution is 2.31. The highest BCUT2D eigenvalue weighted by molar-refractivity contribution is 8.00. The van der Waals surface area contributed by atoms with Crippen LogP contribution in [0.25, 0.3) is 10.2 Å². The Kier molecular flexibility index (Phi) is 5.64. The number of thiophene rings is 1. The van der Waals surface area contributed by atoms with Crippen molar-refractivity contribution >= 4 is 44.9 Å². The minimum absolute atomic E-state index is 0.0339. The first-order valence-electron chi connectivity index (χ1n) is 7.79. The van der Waals surface area contributed by atoms with Gasteiger partial charge in [-0.05, 0) is 30.5 Å². The predicted molar refractivity (Wildman–Crippen MR) is 102 cm³/mol. The van der Waals surface area contributed by atoms with E-state index in [1.54, 1.807) is 16.2 Å². The number of fused-ring (bicyclic) bond motifs is 1. The fraction of sp³-hybridized carbons (Fsp3) is 0.222. The first-order chi connectivity index (χ1) is 12.2. The van der Waals surface area contributed by atoms with Crippen LogP contribution in [-0.4, -0.2) is 27.7 Å². The fourth-order valence-electron chi connectivity index (χ4n) is 2.43. The Bertz CT molecular complexity index is 904. The molecule has 2 heterocycles. The molecule has 2 aromatic heterocycles. The number of rotatable bonds is 6. The average molecular weight is 368 g/mol. The zero-order valence-corrected chi connectivity index (χ0v) is 15.3. The van der Waals surface area contributed by atoms with Crippen LogP contribution in [0, 0.1) is 11.3 Å². The molecule has 1 aromatic carbocycles. The number of nitrogens with zero attached hydrogens (tertiary/aromatic N) is 4. The molecule has 126 valence electrons. The van der Waals surface area contributed by atoms with Crippen LogP contribution in [-0.2, 0) is 4.79 Å². The van der Waals surface area contributed by atoms with E-state index in [0.717, 1.165) is 20.9 Å². The van der Waals surface area contributed by atoms with Crippen molar-refractivity contribution in [2.45, 2.75) is 23.6 Å². The first-order valence-corrected chi connectivity index (χ1v) is 9.55. The van der Waals surface area contributed by atoms with E-state index in [1.807, 2.05) is 48.7 Å². The molecular weight excluding hydrogens is 352 g/mol. The molecule has 0 aliphatic carbocycles. The second kappa shape index (κ2) is 8.10. The zero-order chi connectivity index (χ0) is 17.6. The van der Waals surface area contributed by atoms with Crippen molar-refractivity contribution in [3.8, 4) is 6.07 Å². The Hall–Kier alpha value is -2.43. The maximum Gasteiger partial charge on any atom is 0.240 e. The molecule has 0 N–H and O–H groups in total. The van der Waals surface area contributed by atoms with Gasteiger partial charge in [-0.15, -0.1) is 11.3 Å². The van der Waals surface area contributed by atoms with Gasteiger partial charge in [-0.3, -0.25) is 4.79 Å². The van der Waals surface area contributed by atoms with Gasteiger partial charge in [0.25, 0.3) is 0 Å². The van der Waals surface area contributed by atoms with Crippen molar-refractivity contribution in [1.29, 1.82) is 5.26 Å². The maximum absolute atomic E-state index is 13.0. The number of thioether (sulfide) groups is 1. The Morgan fingerprint density at radius 1 is 1.32 bits per heavy atom. The lowest BCUT2D eigenvalue weighted by atomic mass is 10.2. The standard InChI is InChI=1S/C18H16N4OS2/c1-13(25-17-15-8-11-24-16(15)20-12-21-17)18(23)22(10-5-9-19)14-6-3-2-4-7-14/h2-4,6-8,11-13H,5,10H2,1H3/t13-/m1/s1. The van der Waals surface area contributed by atoms with E-state index < -0.39 is 0 Å². The van der Waals surface area contributed by atoms with Crippen LogP contribution in [0.4, 0.5) is 5.69 Å². The maximum atomic E-state index is 13.0. The van der Waals surface area contributed by atoms with Crippen LogP contribution in [0.5, 0.6) is 0 Å². The van der Waals surface area contributed by atoms with Crippen molar-refractivity contribution in [3.63, 3.8) is 0 Å². The largest absolute Gasteiger partial charge is 0.310 e. The summed E-state index contributed by atoms with van der Waals surface area (Å²) in [6, 6.07) is 13.5. The minimum Gasteiger partial charge on any atom is -0.310 e. The van der Waals surface area contributed by atoms with E-state index in [0.29, 0.717) is 13.0 Å². The van der Waals surface area contributed by atoms with Crippen molar-refractivity contribution < 1.29 is 4.79 Å². The summed E-state index contributed by atoms with van der Waals surface area (Å²) in [5, 5.41) is 12.3. The molecule has 1 amide bonds. The molecule has 0 unspecified atom stereocenters. The Balaban J connectivity index is 1.81. The molecule has 0 radical (unpaired) electrons. The summed E-state index contributed by atoms with van der Waals surface area (Å²) in [4.78, 5) is 24.1. The molecule has 1 atom stereocenters.